The third-order valence-electron chi connectivity index (χ3n) is 3.93. The van der Waals surface area contributed by atoms with E-state index in [1.165, 1.54) is 24.8 Å². The number of nitrogens with zero attached hydrogens (tertiary/aromatic N) is 2. The quantitative estimate of drug-likeness (QED) is 0.403. The van der Waals surface area contributed by atoms with Crippen LogP contribution in [-0.4, -0.2) is 16.1 Å². The molecule has 2 heterocycles. The number of thioether (sulfide) groups is 1. The van der Waals surface area contributed by atoms with Crippen LogP contribution in [0.2, 0.25) is 0 Å². The Morgan fingerprint density at radius 2 is 1.89 bits per heavy atom. The molecule has 0 spiro atoms. The molecule has 0 aliphatic carbocycles. The van der Waals surface area contributed by atoms with E-state index in [-0.39, 0.29) is 5.91 Å². The normalized spacial score (nSPS) is 10.9. The molecule has 0 aliphatic rings. The van der Waals surface area contributed by atoms with Gasteiger partial charge >= 0.3 is 5.63 Å². The molecule has 7 nitrogen and oxygen atoms in total. The SMILES string of the molecule is CC(=O)Nc1ccc2c(CSc3nnc(-c4ccccc4)o3)cc(=O)oc2c1. The first-order valence-electron chi connectivity index (χ1n) is 8.44. The maximum absolute atomic E-state index is 11.9. The zero-order chi connectivity index (χ0) is 19.5. The molecule has 2 aromatic carbocycles. The predicted octanol–water partition coefficient (Wildman–Crippen LogP) is 4.09. The molecule has 0 unspecified atom stereocenters. The molecule has 0 saturated heterocycles. The Hall–Kier alpha value is -3.39. The number of rotatable bonds is 5. The first-order chi connectivity index (χ1) is 13.6. The maximum Gasteiger partial charge on any atom is 0.336 e. The molecule has 0 atom stereocenters. The molecule has 0 aliphatic heterocycles. The number of carbonyl (C=O) groups is 1. The van der Waals surface area contributed by atoms with Gasteiger partial charge in [0.05, 0.1) is 0 Å². The van der Waals surface area contributed by atoms with Gasteiger partial charge in [-0.1, -0.05) is 30.0 Å². The third-order valence-corrected chi connectivity index (χ3v) is 4.80. The first kappa shape index (κ1) is 18.0. The van der Waals surface area contributed by atoms with Gasteiger partial charge in [0.15, 0.2) is 0 Å². The van der Waals surface area contributed by atoms with E-state index >= 15 is 0 Å². The number of amides is 1. The van der Waals surface area contributed by atoms with Crippen molar-refractivity contribution in [2.45, 2.75) is 17.9 Å². The number of hydrogen-bond acceptors (Lipinski definition) is 7. The smallest absolute Gasteiger partial charge is 0.336 e. The highest BCUT2D eigenvalue weighted by Gasteiger charge is 2.12. The molecule has 0 saturated carbocycles. The fraction of sp³-hybridized carbons (Fsp3) is 0.100. The monoisotopic (exact) mass is 393 g/mol. The molecule has 1 amide bonds. The highest BCUT2D eigenvalue weighted by molar-refractivity contribution is 7.98. The van der Waals surface area contributed by atoms with E-state index in [0.717, 1.165) is 16.5 Å². The van der Waals surface area contributed by atoms with Gasteiger partial charge in [0, 0.05) is 41.4 Å². The largest absolute Gasteiger partial charge is 0.423 e. The lowest BCUT2D eigenvalue weighted by Crippen LogP contribution is -2.06. The number of carbonyl (C=O) groups excluding carboxylic acids is 1. The summed E-state index contributed by atoms with van der Waals surface area (Å²) in [4.78, 5) is 23.1. The summed E-state index contributed by atoms with van der Waals surface area (Å²) < 4.78 is 11.0. The van der Waals surface area contributed by atoms with Gasteiger partial charge in [0.25, 0.3) is 5.22 Å². The average molecular weight is 393 g/mol. The van der Waals surface area contributed by atoms with Gasteiger partial charge in [-0.3, -0.25) is 4.79 Å². The second-order valence-corrected chi connectivity index (χ2v) is 6.94. The zero-order valence-corrected chi connectivity index (χ0v) is 15.7. The van der Waals surface area contributed by atoms with E-state index in [0.29, 0.717) is 28.1 Å². The summed E-state index contributed by atoms with van der Waals surface area (Å²) in [5.74, 6) is 0.706. The molecular weight excluding hydrogens is 378 g/mol. The summed E-state index contributed by atoms with van der Waals surface area (Å²) in [6.45, 7) is 1.42. The molecule has 4 rings (SSSR count). The van der Waals surface area contributed by atoms with Crippen molar-refractivity contribution in [1.29, 1.82) is 0 Å². The number of fused-ring (bicyclic) bond motifs is 1. The summed E-state index contributed by atoms with van der Waals surface area (Å²) in [5.41, 5.74) is 2.14. The van der Waals surface area contributed by atoms with Crippen LogP contribution in [0.1, 0.15) is 12.5 Å². The maximum atomic E-state index is 11.9. The number of hydrogen-bond donors (Lipinski definition) is 1. The lowest BCUT2D eigenvalue weighted by atomic mass is 10.1. The second-order valence-electron chi connectivity index (χ2n) is 6.01. The number of benzene rings is 2. The summed E-state index contributed by atoms with van der Waals surface area (Å²) in [6.07, 6.45) is 0. The van der Waals surface area contributed by atoms with Crippen molar-refractivity contribution >= 4 is 34.3 Å². The molecule has 2 aromatic heterocycles. The van der Waals surface area contributed by atoms with Gasteiger partial charge in [-0.05, 0) is 29.8 Å². The summed E-state index contributed by atoms with van der Waals surface area (Å²) >= 11 is 1.34. The van der Waals surface area contributed by atoms with Crippen LogP contribution in [0.5, 0.6) is 0 Å². The van der Waals surface area contributed by atoms with Crippen LogP contribution in [0, 0.1) is 0 Å². The fourth-order valence-corrected chi connectivity index (χ4v) is 3.49. The van der Waals surface area contributed by atoms with Gasteiger partial charge in [0.1, 0.15) is 5.58 Å². The first-order valence-corrected chi connectivity index (χ1v) is 9.43. The summed E-state index contributed by atoms with van der Waals surface area (Å²) in [5, 5.41) is 12.0. The number of aromatic nitrogens is 2. The molecule has 0 radical (unpaired) electrons. The summed E-state index contributed by atoms with van der Waals surface area (Å²) in [6, 6.07) is 16.1. The fourth-order valence-electron chi connectivity index (χ4n) is 2.74. The zero-order valence-electron chi connectivity index (χ0n) is 14.8. The van der Waals surface area contributed by atoms with Gasteiger partial charge in [0.2, 0.25) is 11.8 Å². The van der Waals surface area contributed by atoms with Gasteiger partial charge in [-0.15, -0.1) is 10.2 Å². The van der Waals surface area contributed by atoms with Crippen LogP contribution in [0.3, 0.4) is 0 Å². The summed E-state index contributed by atoms with van der Waals surface area (Å²) in [7, 11) is 0. The van der Waals surface area contributed by atoms with Crippen molar-refractivity contribution in [3.63, 3.8) is 0 Å². The van der Waals surface area contributed by atoms with E-state index in [1.54, 1.807) is 12.1 Å². The van der Waals surface area contributed by atoms with E-state index < -0.39 is 5.63 Å². The number of anilines is 1. The molecule has 1 N–H and O–H groups in total. The Balaban J connectivity index is 1.57. The van der Waals surface area contributed by atoms with Crippen molar-refractivity contribution in [3.8, 4) is 11.5 Å². The molecule has 0 bridgehead atoms. The Morgan fingerprint density at radius 3 is 2.68 bits per heavy atom. The lowest BCUT2D eigenvalue weighted by molar-refractivity contribution is -0.114. The minimum Gasteiger partial charge on any atom is -0.423 e. The Labute approximate surface area is 163 Å². The van der Waals surface area contributed by atoms with E-state index in [1.807, 2.05) is 36.4 Å². The second kappa shape index (κ2) is 7.69. The van der Waals surface area contributed by atoms with E-state index in [2.05, 4.69) is 15.5 Å². The van der Waals surface area contributed by atoms with Gasteiger partial charge in [-0.25, -0.2) is 4.79 Å². The van der Waals surface area contributed by atoms with Crippen molar-refractivity contribution in [1.82, 2.24) is 10.2 Å². The lowest BCUT2D eigenvalue weighted by Gasteiger charge is -2.06. The molecular formula is C20H15N3O4S. The molecule has 28 heavy (non-hydrogen) atoms. The molecule has 0 fully saturated rings. The Kier molecular flexibility index (Phi) is 4.94. The van der Waals surface area contributed by atoms with Crippen LogP contribution in [0.25, 0.3) is 22.4 Å². The van der Waals surface area contributed by atoms with Crippen LogP contribution in [-0.2, 0) is 10.5 Å². The Morgan fingerprint density at radius 1 is 1.07 bits per heavy atom. The van der Waals surface area contributed by atoms with Crippen LogP contribution >= 0.6 is 11.8 Å². The minimum atomic E-state index is -0.460. The van der Waals surface area contributed by atoms with Crippen molar-refractivity contribution in [3.05, 3.63) is 70.6 Å². The highest BCUT2D eigenvalue weighted by atomic mass is 32.2. The third kappa shape index (κ3) is 3.96. The minimum absolute atomic E-state index is 0.195. The van der Waals surface area contributed by atoms with E-state index in [9.17, 15) is 9.59 Å². The van der Waals surface area contributed by atoms with Crippen molar-refractivity contribution < 1.29 is 13.6 Å². The topological polar surface area (TPSA) is 98.2 Å². The van der Waals surface area contributed by atoms with Crippen molar-refractivity contribution in [2.75, 3.05) is 5.32 Å². The molecule has 8 heteroatoms. The van der Waals surface area contributed by atoms with Crippen LogP contribution in [0.15, 0.2) is 73.4 Å². The average Bonchev–Trinajstić information content (AvgIpc) is 3.15. The van der Waals surface area contributed by atoms with Gasteiger partial charge in [-0.2, -0.15) is 0 Å². The molecule has 4 aromatic rings. The highest BCUT2D eigenvalue weighted by Crippen LogP contribution is 2.29. The van der Waals surface area contributed by atoms with E-state index in [4.69, 9.17) is 8.83 Å². The van der Waals surface area contributed by atoms with Gasteiger partial charge < -0.3 is 14.2 Å². The Bertz CT molecular complexity index is 1200. The van der Waals surface area contributed by atoms with Crippen molar-refractivity contribution in [2.24, 2.45) is 0 Å². The number of nitrogens with one attached hydrogen (secondary N) is 1. The predicted molar refractivity (Wildman–Crippen MR) is 106 cm³/mol. The standard InChI is InChI=1S/C20H15N3O4S/c1-12(24)21-15-7-8-16-14(9-18(25)26-17(16)10-15)11-28-20-23-22-19(27-20)13-5-3-2-4-6-13/h2-10H,11H2,1H3,(H,21,24). The van der Waals surface area contributed by atoms with Crippen LogP contribution in [0.4, 0.5) is 5.69 Å². The van der Waals surface area contributed by atoms with Crippen LogP contribution < -0.4 is 10.9 Å². The molecule has 140 valence electrons.